The number of anilines is 1. The maximum Gasteiger partial charge on any atom is 0.231 e. The van der Waals surface area contributed by atoms with Crippen molar-refractivity contribution in [2.24, 2.45) is 0 Å². The van der Waals surface area contributed by atoms with Gasteiger partial charge in [-0.25, -0.2) is 9.97 Å². The fourth-order valence-electron chi connectivity index (χ4n) is 3.04. The first-order chi connectivity index (χ1) is 11.2. The van der Waals surface area contributed by atoms with Gasteiger partial charge in [-0.15, -0.1) is 0 Å². The predicted octanol–water partition coefficient (Wildman–Crippen LogP) is 2.79. The third-order valence-corrected chi connectivity index (χ3v) is 4.20. The molecule has 0 aliphatic carbocycles. The van der Waals surface area contributed by atoms with Crippen LogP contribution < -0.4 is 19.1 Å². The Morgan fingerprint density at radius 1 is 1.04 bits per heavy atom. The van der Waals surface area contributed by atoms with Gasteiger partial charge in [-0.2, -0.15) is 0 Å². The van der Waals surface area contributed by atoms with Crippen LogP contribution in [-0.2, 0) is 0 Å². The number of aryl methyl sites for hydroxylation is 1. The Morgan fingerprint density at radius 3 is 2.52 bits per heavy atom. The Hall–Kier alpha value is -2.50. The lowest BCUT2D eigenvalue weighted by atomic mass is 10.1. The van der Waals surface area contributed by atoms with E-state index in [4.69, 9.17) is 19.2 Å². The first-order valence-electron chi connectivity index (χ1n) is 7.83. The Kier molecular flexibility index (Phi) is 3.44. The molecule has 2 aliphatic rings. The lowest BCUT2D eigenvalue weighted by Gasteiger charge is -2.17. The molecular weight excluding hydrogens is 294 g/mol. The summed E-state index contributed by atoms with van der Waals surface area (Å²) < 4.78 is 16.4. The summed E-state index contributed by atoms with van der Waals surface area (Å²) >= 11 is 0. The van der Waals surface area contributed by atoms with E-state index in [9.17, 15) is 0 Å². The molecule has 0 unspecified atom stereocenters. The quantitative estimate of drug-likeness (QED) is 0.868. The van der Waals surface area contributed by atoms with Gasteiger partial charge in [0, 0.05) is 30.4 Å². The van der Waals surface area contributed by atoms with Crippen LogP contribution in [0.25, 0.3) is 11.3 Å². The van der Waals surface area contributed by atoms with Crippen LogP contribution in [-0.4, -0.2) is 37.0 Å². The number of hydrogen-bond acceptors (Lipinski definition) is 6. The van der Waals surface area contributed by atoms with Crippen LogP contribution in [0.5, 0.6) is 17.2 Å². The van der Waals surface area contributed by atoms with Crippen molar-refractivity contribution in [3.63, 3.8) is 0 Å². The number of hydrogen-bond donors (Lipinski definition) is 0. The smallest absolute Gasteiger partial charge is 0.231 e. The van der Waals surface area contributed by atoms with Gasteiger partial charge in [-0.1, -0.05) is 0 Å². The number of rotatable bonds is 3. The molecule has 120 valence electrons. The second-order valence-corrected chi connectivity index (χ2v) is 5.79. The van der Waals surface area contributed by atoms with E-state index >= 15 is 0 Å². The van der Waals surface area contributed by atoms with Gasteiger partial charge >= 0.3 is 0 Å². The summed E-state index contributed by atoms with van der Waals surface area (Å²) in [6.07, 6.45) is 2.39. The van der Waals surface area contributed by atoms with Gasteiger partial charge in [0.1, 0.15) is 5.75 Å². The molecule has 0 atom stereocenters. The third kappa shape index (κ3) is 2.54. The molecule has 23 heavy (non-hydrogen) atoms. The average molecular weight is 313 g/mol. The zero-order valence-electron chi connectivity index (χ0n) is 13.3. The summed E-state index contributed by atoms with van der Waals surface area (Å²) in [6, 6.07) is 5.75. The molecule has 0 saturated carbocycles. The lowest BCUT2D eigenvalue weighted by molar-refractivity contribution is 0.174. The summed E-state index contributed by atoms with van der Waals surface area (Å²) in [5.41, 5.74) is 2.67. The third-order valence-electron chi connectivity index (χ3n) is 4.20. The van der Waals surface area contributed by atoms with Crippen molar-refractivity contribution in [3.8, 4) is 28.5 Å². The zero-order chi connectivity index (χ0) is 15.8. The molecule has 6 nitrogen and oxygen atoms in total. The van der Waals surface area contributed by atoms with Crippen molar-refractivity contribution in [1.29, 1.82) is 0 Å². The van der Waals surface area contributed by atoms with Crippen LogP contribution in [0.4, 0.5) is 5.95 Å². The molecule has 1 aromatic carbocycles. The number of fused-ring (bicyclic) bond motifs is 1. The van der Waals surface area contributed by atoms with Crippen molar-refractivity contribution in [1.82, 2.24) is 9.97 Å². The van der Waals surface area contributed by atoms with Crippen LogP contribution in [0, 0.1) is 6.92 Å². The minimum Gasteiger partial charge on any atom is -0.496 e. The summed E-state index contributed by atoms with van der Waals surface area (Å²) in [5.74, 6) is 2.94. The highest BCUT2D eigenvalue weighted by Gasteiger charge is 2.21. The molecule has 0 N–H and O–H groups in total. The second kappa shape index (κ2) is 5.61. The van der Waals surface area contributed by atoms with Crippen LogP contribution in [0.15, 0.2) is 18.2 Å². The van der Waals surface area contributed by atoms with Crippen LogP contribution in [0.3, 0.4) is 0 Å². The summed E-state index contributed by atoms with van der Waals surface area (Å²) in [4.78, 5) is 11.6. The topological polar surface area (TPSA) is 56.7 Å². The van der Waals surface area contributed by atoms with Gasteiger partial charge in [-0.05, 0) is 31.9 Å². The molecule has 0 radical (unpaired) electrons. The van der Waals surface area contributed by atoms with Crippen molar-refractivity contribution in [3.05, 3.63) is 23.9 Å². The standard InChI is InChI=1S/C17H19N3O3/c1-11-7-13(19-17(18-11)20-5-3-4-6-20)12-8-15-16(23-10-22-15)9-14(12)21-2/h7-9H,3-6,10H2,1-2H3. The Balaban J connectivity index is 1.81. The predicted molar refractivity (Wildman–Crippen MR) is 86.3 cm³/mol. The maximum absolute atomic E-state index is 5.52. The molecule has 2 aromatic rings. The molecule has 0 spiro atoms. The van der Waals surface area contributed by atoms with E-state index < -0.39 is 0 Å². The molecule has 1 fully saturated rings. The first kappa shape index (κ1) is 14.1. The molecule has 4 rings (SSSR count). The van der Waals surface area contributed by atoms with E-state index in [0.29, 0.717) is 5.75 Å². The number of ether oxygens (including phenoxy) is 3. The number of methoxy groups -OCH3 is 1. The molecular formula is C17H19N3O3. The van der Waals surface area contributed by atoms with Gasteiger partial charge in [0.15, 0.2) is 11.5 Å². The van der Waals surface area contributed by atoms with E-state index in [1.54, 1.807) is 7.11 Å². The highest BCUT2D eigenvalue weighted by Crippen LogP contribution is 2.42. The van der Waals surface area contributed by atoms with Crippen molar-refractivity contribution in [2.45, 2.75) is 19.8 Å². The van der Waals surface area contributed by atoms with Gasteiger partial charge < -0.3 is 19.1 Å². The van der Waals surface area contributed by atoms with E-state index in [-0.39, 0.29) is 6.79 Å². The molecule has 0 bridgehead atoms. The summed E-state index contributed by atoms with van der Waals surface area (Å²) in [6.45, 7) is 4.26. The molecule has 1 saturated heterocycles. The summed E-state index contributed by atoms with van der Waals surface area (Å²) in [5, 5.41) is 0. The number of nitrogens with zero attached hydrogens (tertiary/aromatic N) is 3. The van der Waals surface area contributed by atoms with E-state index in [1.165, 1.54) is 12.8 Å². The largest absolute Gasteiger partial charge is 0.496 e. The highest BCUT2D eigenvalue weighted by atomic mass is 16.7. The van der Waals surface area contributed by atoms with Crippen LogP contribution >= 0.6 is 0 Å². The second-order valence-electron chi connectivity index (χ2n) is 5.79. The van der Waals surface area contributed by atoms with Gasteiger partial charge in [0.25, 0.3) is 0 Å². The lowest BCUT2D eigenvalue weighted by Crippen LogP contribution is -2.21. The van der Waals surface area contributed by atoms with Crippen molar-refractivity contribution in [2.75, 3.05) is 31.9 Å². The van der Waals surface area contributed by atoms with E-state index in [1.807, 2.05) is 25.1 Å². The van der Waals surface area contributed by atoms with Crippen molar-refractivity contribution < 1.29 is 14.2 Å². The Morgan fingerprint density at radius 2 is 1.78 bits per heavy atom. The molecule has 6 heteroatoms. The highest BCUT2D eigenvalue weighted by molar-refractivity contribution is 5.73. The minimum atomic E-state index is 0.240. The van der Waals surface area contributed by atoms with E-state index in [0.717, 1.165) is 47.5 Å². The first-order valence-corrected chi connectivity index (χ1v) is 7.83. The number of aromatic nitrogens is 2. The number of benzene rings is 1. The SMILES string of the molecule is COc1cc2c(cc1-c1cc(C)nc(N3CCCC3)n1)OCO2. The van der Waals surface area contributed by atoms with Gasteiger partial charge in [-0.3, -0.25) is 0 Å². The minimum absolute atomic E-state index is 0.240. The zero-order valence-corrected chi connectivity index (χ0v) is 13.3. The van der Waals surface area contributed by atoms with Crippen molar-refractivity contribution >= 4 is 5.95 Å². The molecule has 0 amide bonds. The molecule has 2 aliphatic heterocycles. The van der Waals surface area contributed by atoms with Gasteiger partial charge in [0.2, 0.25) is 12.7 Å². The van der Waals surface area contributed by atoms with E-state index in [2.05, 4.69) is 9.88 Å². The normalized spacial score (nSPS) is 16.0. The fraction of sp³-hybridized carbons (Fsp3) is 0.412. The summed E-state index contributed by atoms with van der Waals surface area (Å²) in [7, 11) is 1.65. The molecule has 3 heterocycles. The van der Waals surface area contributed by atoms with Crippen LogP contribution in [0.2, 0.25) is 0 Å². The van der Waals surface area contributed by atoms with Gasteiger partial charge in [0.05, 0.1) is 12.8 Å². The monoisotopic (exact) mass is 313 g/mol. The molecule has 1 aromatic heterocycles. The maximum atomic E-state index is 5.52. The Labute approximate surface area is 135 Å². The Bertz CT molecular complexity index is 742. The average Bonchev–Trinajstić information content (AvgIpc) is 3.24. The fourth-order valence-corrected chi connectivity index (χ4v) is 3.04. The van der Waals surface area contributed by atoms with Crippen LogP contribution in [0.1, 0.15) is 18.5 Å².